The van der Waals surface area contributed by atoms with Crippen LogP contribution >= 0.6 is 0 Å². The summed E-state index contributed by atoms with van der Waals surface area (Å²) in [5.74, 6) is 1.26. The maximum atomic E-state index is 12.5. The summed E-state index contributed by atoms with van der Waals surface area (Å²) in [4.78, 5) is 17.3. The Balaban J connectivity index is 1.40. The highest BCUT2D eigenvalue weighted by atomic mass is 16.5. The summed E-state index contributed by atoms with van der Waals surface area (Å²) in [7, 11) is 1.69. The van der Waals surface area contributed by atoms with Crippen molar-refractivity contribution in [2.45, 2.75) is 20.4 Å². The Hall–Kier alpha value is -3.22. The molecular weight excluding hydrogens is 378 g/mol. The molecule has 1 aromatic heterocycles. The Morgan fingerprint density at radius 3 is 1.87 bits per heavy atom. The van der Waals surface area contributed by atoms with Crippen LogP contribution in [0.1, 0.15) is 13.8 Å². The Morgan fingerprint density at radius 2 is 1.37 bits per heavy atom. The lowest BCUT2D eigenvalue weighted by Gasteiger charge is -2.37. The Morgan fingerprint density at radius 1 is 0.867 bits per heavy atom. The number of ether oxygens (including phenoxy) is 1. The summed E-state index contributed by atoms with van der Waals surface area (Å²) in [6, 6.07) is 16.4. The lowest BCUT2D eigenvalue weighted by Crippen LogP contribution is -2.46. The second-order valence-electron chi connectivity index (χ2n) is 8.05. The topological polar surface area (TPSA) is 55.5 Å². The number of aromatic nitrogens is 3. The number of benzene rings is 2. The first-order valence-electron chi connectivity index (χ1n) is 10.4. The Labute approximate surface area is 177 Å². The fourth-order valence-corrected chi connectivity index (χ4v) is 3.83. The van der Waals surface area contributed by atoms with E-state index in [0.717, 1.165) is 37.6 Å². The summed E-state index contributed by atoms with van der Waals surface area (Å²) in [5, 5.41) is 4.24. The number of anilines is 2. The number of piperazine rings is 1. The molecule has 7 nitrogen and oxygen atoms in total. The first-order chi connectivity index (χ1) is 14.5. The van der Waals surface area contributed by atoms with Crippen molar-refractivity contribution in [3.63, 3.8) is 0 Å². The number of nitrogens with zero attached hydrogens (tertiary/aromatic N) is 5. The molecule has 1 saturated heterocycles. The first-order valence-corrected chi connectivity index (χ1v) is 10.4. The molecular formula is C23H29N5O2. The van der Waals surface area contributed by atoms with Gasteiger partial charge in [0.15, 0.2) is 0 Å². The van der Waals surface area contributed by atoms with Crippen LogP contribution in [0.5, 0.6) is 5.75 Å². The van der Waals surface area contributed by atoms with E-state index >= 15 is 0 Å². The molecule has 0 radical (unpaired) electrons. The second kappa shape index (κ2) is 8.65. The van der Waals surface area contributed by atoms with Gasteiger partial charge in [-0.25, -0.2) is 14.0 Å². The van der Waals surface area contributed by atoms with Crippen LogP contribution in [-0.4, -0.2) is 47.6 Å². The molecule has 2 aromatic carbocycles. The van der Waals surface area contributed by atoms with Crippen molar-refractivity contribution < 1.29 is 4.74 Å². The van der Waals surface area contributed by atoms with Gasteiger partial charge in [-0.3, -0.25) is 0 Å². The van der Waals surface area contributed by atoms with Gasteiger partial charge < -0.3 is 14.5 Å². The van der Waals surface area contributed by atoms with Crippen LogP contribution in [0.15, 0.2) is 59.7 Å². The molecule has 0 atom stereocenters. The zero-order valence-electron chi connectivity index (χ0n) is 17.9. The zero-order chi connectivity index (χ0) is 21.1. The van der Waals surface area contributed by atoms with E-state index in [2.05, 4.69) is 53.0 Å². The minimum atomic E-state index is -0.0930. The molecule has 0 N–H and O–H groups in total. The van der Waals surface area contributed by atoms with Crippen LogP contribution in [0.4, 0.5) is 11.4 Å². The molecule has 0 bridgehead atoms. The minimum Gasteiger partial charge on any atom is -0.497 e. The lowest BCUT2D eigenvalue weighted by molar-refractivity contribution is 0.415. The summed E-state index contributed by atoms with van der Waals surface area (Å²) in [6.07, 6.45) is 1.60. The van der Waals surface area contributed by atoms with Gasteiger partial charge >= 0.3 is 5.69 Å². The molecule has 7 heteroatoms. The Bertz CT molecular complexity index is 1010. The van der Waals surface area contributed by atoms with E-state index < -0.39 is 0 Å². The molecule has 1 aliphatic rings. The minimum absolute atomic E-state index is 0.0930. The predicted molar refractivity (Wildman–Crippen MR) is 120 cm³/mol. The van der Waals surface area contributed by atoms with Crippen LogP contribution in [0.25, 0.3) is 5.69 Å². The van der Waals surface area contributed by atoms with E-state index in [1.165, 1.54) is 16.1 Å². The largest absolute Gasteiger partial charge is 0.497 e. The standard InChI is InChI=1S/C23H29N5O2/c1-18(2)16-28-23(29)27(17-24-28)21-6-4-19(5-7-21)25-12-14-26(15-13-25)20-8-10-22(30-3)11-9-20/h4-11,17-18H,12-16H2,1-3H3. The average molecular weight is 408 g/mol. The highest BCUT2D eigenvalue weighted by molar-refractivity contribution is 5.54. The van der Waals surface area contributed by atoms with Crippen molar-refractivity contribution in [3.8, 4) is 11.4 Å². The van der Waals surface area contributed by atoms with E-state index in [-0.39, 0.29) is 5.69 Å². The highest BCUT2D eigenvalue weighted by Gasteiger charge is 2.18. The zero-order valence-corrected chi connectivity index (χ0v) is 17.9. The molecule has 1 fully saturated rings. The smallest absolute Gasteiger partial charge is 0.350 e. The van der Waals surface area contributed by atoms with Crippen LogP contribution in [0.3, 0.4) is 0 Å². The molecule has 0 saturated carbocycles. The number of hydrogen-bond acceptors (Lipinski definition) is 5. The molecule has 1 aliphatic heterocycles. The van der Waals surface area contributed by atoms with Gasteiger partial charge in [-0.2, -0.15) is 5.10 Å². The summed E-state index contributed by atoms with van der Waals surface area (Å²) < 4.78 is 8.37. The third-order valence-corrected chi connectivity index (χ3v) is 5.48. The van der Waals surface area contributed by atoms with Crippen molar-refractivity contribution >= 4 is 11.4 Å². The summed E-state index contributed by atoms with van der Waals surface area (Å²) in [6.45, 7) is 8.63. The maximum Gasteiger partial charge on any atom is 0.350 e. The normalized spacial score (nSPS) is 14.4. The number of hydrogen-bond donors (Lipinski definition) is 0. The van der Waals surface area contributed by atoms with Crippen LogP contribution < -0.4 is 20.2 Å². The molecule has 0 amide bonds. The third kappa shape index (κ3) is 4.20. The van der Waals surface area contributed by atoms with Gasteiger partial charge in [-0.05, 0) is 54.4 Å². The van der Waals surface area contributed by atoms with Crippen molar-refractivity contribution in [1.29, 1.82) is 0 Å². The van der Waals surface area contributed by atoms with Crippen LogP contribution in [-0.2, 0) is 6.54 Å². The third-order valence-electron chi connectivity index (χ3n) is 5.48. The second-order valence-corrected chi connectivity index (χ2v) is 8.05. The van der Waals surface area contributed by atoms with Gasteiger partial charge in [0.2, 0.25) is 0 Å². The van der Waals surface area contributed by atoms with E-state index in [1.807, 2.05) is 24.3 Å². The van der Waals surface area contributed by atoms with E-state index in [4.69, 9.17) is 4.74 Å². The maximum absolute atomic E-state index is 12.5. The fraction of sp³-hybridized carbons (Fsp3) is 0.391. The molecule has 4 rings (SSSR count). The van der Waals surface area contributed by atoms with Crippen molar-refractivity contribution in [3.05, 3.63) is 65.3 Å². The number of methoxy groups -OCH3 is 1. The van der Waals surface area contributed by atoms with E-state index in [0.29, 0.717) is 12.5 Å². The van der Waals surface area contributed by atoms with E-state index in [1.54, 1.807) is 18.0 Å². The summed E-state index contributed by atoms with van der Waals surface area (Å²) >= 11 is 0. The van der Waals surface area contributed by atoms with Crippen molar-refractivity contribution in [2.75, 3.05) is 43.1 Å². The van der Waals surface area contributed by atoms with Crippen LogP contribution in [0, 0.1) is 5.92 Å². The van der Waals surface area contributed by atoms with Crippen molar-refractivity contribution in [2.24, 2.45) is 5.92 Å². The monoisotopic (exact) mass is 407 g/mol. The molecule has 0 unspecified atom stereocenters. The van der Waals surface area contributed by atoms with Gasteiger partial charge in [-0.15, -0.1) is 0 Å². The molecule has 30 heavy (non-hydrogen) atoms. The number of rotatable bonds is 6. The molecule has 158 valence electrons. The van der Waals surface area contributed by atoms with Gasteiger partial charge in [0, 0.05) is 44.1 Å². The van der Waals surface area contributed by atoms with Gasteiger partial charge in [-0.1, -0.05) is 13.8 Å². The Kier molecular flexibility index (Phi) is 5.79. The van der Waals surface area contributed by atoms with E-state index in [9.17, 15) is 4.79 Å². The molecule has 0 aliphatic carbocycles. The van der Waals surface area contributed by atoms with Crippen LogP contribution in [0.2, 0.25) is 0 Å². The SMILES string of the molecule is COc1ccc(N2CCN(c3ccc(-n4cnn(CC(C)C)c4=O)cc3)CC2)cc1. The first kappa shape index (κ1) is 20.1. The lowest BCUT2D eigenvalue weighted by atomic mass is 10.2. The molecule has 3 aromatic rings. The average Bonchev–Trinajstić information content (AvgIpc) is 3.13. The molecule has 0 spiro atoms. The summed E-state index contributed by atoms with van der Waals surface area (Å²) in [5.41, 5.74) is 3.15. The van der Waals surface area contributed by atoms with Gasteiger partial charge in [0.1, 0.15) is 12.1 Å². The highest BCUT2D eigenvalue weighted by Crippen LogP contribution is 2.23. The van der Waals surface area contributed by atoms with Gasteiger partial charge in [0.25, 0.3) is 0 Å². The fourth-order valence-electron chi connectivity index (χ4n) is 3.83. The molecule has 2 heterocycles. The quantitative estimate of drug-likeness (QED) is 0.629. The van der Waals surface area contributed by atoms with Crippen molar-refractivity contribution in [1.82, 2.24) is 14.3 Å². The van der Waals surface area contributed by atoms with Gasteiger partial charge in [0.05, 0.1) is 12.8 Å². The predicted octanol–water partition coefficient (Wildman–Crippen LogP) is 3.03.